The van der Waals surface area contributed by atoms with Gasteiger partial charge in [-0.2, -0.15) is 0 Å². The van der Waals surface area contributed by atoms with E-state index in [-0.39, 0.29) is 11.9 Å². The highest BCUT2D eigenvalue weighted by Gasteiger charge is 2.25. The first-order valence-corrected chi connectivity index (χ1v) is 7.10. The predicted molar refractivity (Wildman–Crippen MR) is 87.0 cm³/mol. The number of carbonyl (C=O) groups is 2. The van der Waals surface area contributed by atoms with Gasteiger partial charge in [-0.3, -0.25) is 9.69 Å². The van der Waals surface area contributed by atoms with Gasteiger partial charge in [0.15, 0.2) is 0 Å². The van der Waals surface area contributed by atoms with E-state index in [1.165, 1.54) is 24.1 Å². The molecule has 3 N–H and O–H groups in total. The summed E-state index contributed by atoms with van der Waals surface area (Å²) in [4.78, 5) is 24.3. The van der Waals surface area contributed by atoms with Crippen LogP contribution in [0.2, 0.25) is 0 Å². The Kier molecular flexibility index (Phi) is 5.79. The third-order valence-electron chi connectivity index (χ3n) is 3.14. The molecule has 0 spiro atoms. The van der Waals surface area contributed by atoms with E-state index in [1.54, 1.807) is 27.7 Å². The molecule has 1 aromatic carbocycles. The number of anilines is 1. The third kappa shape index (κ3) is 5.26. The molecular weight excluding hydrogens is 301 g/mol. The first kappa shape index (κ1) is 19.0. The van der Waals surface area contributed by atoms with Crippen LogP contribution in [0.3, 0.4) is 0 Å². The monoisotopic (exact) mass is 323 g/mol. The lowest BCUT2D eigenvalue weighted by atomic mass is 9.75. The average molecular weight is 323 g/mol. The molecule has 0 aliphatic carbocycles. The van der Waals surface area contributed by atoms with E-state index in [2.05, 4.69) is 0 Å². The zero-order chi connectivity index (χ0) is 17.9. The molecule has 0 aromatic heterocycles. The lowest BCUT2D eigenvalue weighted by Gasteiger charge is -2.26. The minimum absolute atomic E-state index is 0.147. The van der Waals surface area contributed by atoms with Gasteiger partial charge < -0.3 is 19.9 Å². The molecule has 1 amide bonds. The largest absolute Gasteiger partial charge is 0.488 e. The Morgan fingerprint density at radius 1 is 1.26 bits per heavy atom. The van der Waals surface area contributed by atoms with Crippen LogP contribution in [0.5, 0.6) is 0 Å². The number of carbonyl (C=O) groups excluding carboxylic acids is 1. The number of benzene rings is 1. The van der Waals surface area contributed by atoms with E-state index >= 15 is 0 Å². The standard InChI is InChI=1S/C15H22BNO6/c1-9-11(16(21)22)6-10(8-13(18)19)7-12(9)17(5)14(20)23-15(2,3)4/h6-7,21-22H,8H2,1-5H3,(H,18,19). The maximum absolute atomic E-state index is 12.2. The van der Waals surface area contributed by atoms with E-state index in [9.17, 15) is 19.6 Å². The number of carboxylic acid groups (broad SMARTS) is 1. The number of aliphatic carboxylic acids is 1. The molecule has 0 bridgehead atoms. The van der Waals surface area contributed by atoms with Crippen LogP contribution in [-0.2, 0) is 16.0 Å². The molecule has 0 saturated heterocycles. The summed E-state index contributed by atoms with van der Waals surface area (Å²) in [5, 5.41) is 27.9. The molecule has 0 aliphatic heterocycles. The van der Waals surface area contributed by atoms with Crippen LogP contribution in [0.4, 0.5) is 10.5 Å². The number of carboxylic acids is 1. The van der Waals surface area contributed by atoms with Gasteiger partial charge in [0.05, 0.1) is 6.42 Å². The number of amides is 1. The van der Waals surface area contributed by atoms with E-state index in [0.29, 0.717) is 16.8 Å². The second-order valence-corrected chi connectivity index (χ2v) is 6.31. The molecule has 0 fully saturated rings. The second-order valence-electron chi connectivity index (χ2n) is 6.31. The van der Waals surface area contributed by atoms with Crippen LogP contribution < -0.4 is 10.4 Å². The summed E-state index contributed by atoms with van der Waals surface area (Å²) in [7, 11) is -0.288. The lowest BCUT2D eigenvalue weighted by molar-refractivity contribution is -0.136. The van der Waals surface area contributed by atoms with Gasteiger partial charge in [0.25, 0.3) is 0 Å². The van der Waals surface area contributed by atoms with Crippen molar-refractivity contribution in [1.29, 1.82) is 0 Å². The SMILES string of the molecule is Cc1c(B(O)O)cc(CC(=O)O)cc1N(C)C(=O)OC(C)(C)C. The van der Waals surface area contributed by atoms with Crippen LogP contribution in [0.1, 0.15) is 31.9 Å². The van der Waals surface area contributed by atoms with E-state index in [1.807, 2.05) is 0 Å². The van der Waals surface area contributed by atoms with Gasteiger partial charge in [0, 0.05) is 12.7 Å². The van der Waals surface area contributed by atoms with Gasteiger partial charge in [-0.1, -0.05) is 6.07 Å². The first-order chi connectivity index (χ1) is 10.4. The van der Waals surface area contributed by atoms with Crippen molar-refractivity contribution in [2.45, 2.75) is 39.7 Å². The number of nitrogens with zero attached hydrogens (tertiary/aromatic N) is 1. The first-order valence-electron chi connectivity index (χ1n) is 7.10. The highest BCUT2D eigenvalue weighted by atomic mass is 16.6. The number of hydrogen-bond donors (Lipinski definition) is 3. The van der Waals surface area contributed by atoms with Crippen molar-refractivity contribution in [2.24, 2.45) is 0 Å². The summed E-state index contributed by atoms with van der Waals surface area (Å²) in [6, 6.07) is 2.93. The van der Waals surface area contributed by atoms with Crippen molar-refractivity contribution in [3.05, 3.63) is 23.3 Å². The van der Waals surface area contributed by atoms with Gasteiger partial charge in [-0.25, -0.2) is 4.79 Å². The van der Waals surface area contributed by atoms with Crippen molar-refractivity contribution >= 4 is 30.3 Å². The smallest absolute Gasteiger partial charge is 0.481 e. The summed E-state index contributed by atoms with van der Waals surface area (Å²) >= 11 is 0. The molecule has 7 nitrogen and oxygen atoms in total. The average Bonchev–Trinajstić information content (AvgIpc) is 2.36. The summed E-state index contributed by atoms with van der Waals surface area (Å²) < 4.78 is 5.28. The highest BCUT2D eigenvalue weighted by Crippen LogP contribution is 2.22. The van der Waals surface area contributed by atoms with Crippen LogP contribution in [-0.4, -0.2) is 47.0 Å². The number of ether oxygens (including phenoxy) is 1. The Bertz CT molecular complexity index is 609. The molecule has 126 valence electrons. The molecule has 1 aromatic rings. The Morgan fingerprint density at radius 2 is 1.83 bits per heavy atom. The molecular formula is C15H22BNO6. The maximum Gasteiger partial charge on any atom is 0.488 e. The Balaban J connectivity index is 3.29. The van der Waals surface area contributed by atoms with Crippen LogP contribution >= 0.6 is 0 Å². The Morgan fingerprint density at radius 3 is 2.26 bits per heavy atom. The molecule has 8 heteroatoms. The number of hydrogen-bond acceptors (Lipinski definition) is 5. The highest BCUT2D eigenvalue weighted by molar-refractivity contribution is 6.59. The zero-order valence-corrected chi connectivity index (χ0v) is 14.0. The fraction of sp³-hybridized carbons (Fsp3) is 0.467. The van der Waals surface area contributed by atoms with Crippen LogP contribution in [0.15, 0.2) is 12.1 Å². The predicted octanol–water partition coefficient (Wildman–Crippen LogP) is 0.673. The van der Waals surface area contributed by atoms with Gasteiger partial charge >= 0.3 is 19.2 Å². The lowest BCUT2D eigenvalue weighted by Crippen LogP contribution is -2.38. The molecule has 0 heterocycles. The minimum atomic E-state index is -1.77. The molecule has 1 rings (SSSR count). The van der Waals surface area contributed by atoms with Crippen molar-refractivity contribution in [1.82, 2.24) is 0 Å². The quantitative estimate of drug-likeness (QED) is 0.703. The topological polar surface area (TPSA) is 107 Å². The van der Waals surface area contributed by atoms with Crippen molar-refractivity contribution in [2.75, 3.05) is 11.9 Å². The Labute approximate surface area is 135 Å². The van der Waals surface area contributed by atoms with E-state index in [0.717, 1.165) is 0 Å². The minimum Gasteiger partial charge on any atom is -0.481 e. The molecule has 23 heavy (non-hydrogen) atoms. The summed E-state index contributed by atoms with van der Waals surface area (Å²) in [5.74, 6) is -1.06. The second kappa shape index (κ2) is 7.01. The fourth-order valence-corrected chi connectivity index (χ4v) is 2.10. The van der Waals surface area contributed by atoms with E-state index in [4.69, 9.17) is 9.84 Å². The fourth-order valence-electron chi connectivity index (χ4n) is 2.10. The van der Waals surface area contributed by atoms with Gasteiger partial charge in [0.2, 0.25) is 0 Å². The third-order valence-corrected chi connectivity index (χ3v) is 3.14. The Hall–Kier alpha value is -2.06. The van der Waals surface area contributed by atoms with Crippen LogP contribution in [0, 0.1) is 6.92 Å². The van der Waals surface area contributed by atoms with Gasteiger partial charge in [0.1, 0.15) is 5.60 Å². The zero-order valence-electron chi connectivity index (χ0n) is 14.0. The summed E-state index contributed by atoms with van der Waals surface area (Å²) in [6.45, 7) is 6.82. The molecule has 0 atom stereocenters. The molecule has 0 saturated carbocycles. The van der Waals surface area contributed by atoms with E-state index < -0.39 is 24.8 Å². The van der Waals surface area contributed by atoms with Crippen molar-refractivity contribution < 1.29 is 29.5 Å². The van der Waals surface area contributed by atoms with Crippen LogP contribution in [0.25, 0.3) is 0 Å². The molecule has 0 aliphatic rings. The van der Waals surface area contributed by atoms with Gasteiger partial charge in [-0.15, -0.1) is 0 Å². The normalized spacial score (nSPS) is 11.1. The molecule has 0 unspecified atom stereocenters. The maximum atomic E-state index is 12.2. The number of rotatable bonds is 4. The molecule has 0 radical (unpaired) electrons. The van der Waals surface area contributed by atoms with Gasteiger partial charge in [-0.05, 0) is 50.4 Å². The summed E-state index contributed by atoms with van der Waals surface area (Å²) in [6.07, 6.45) is -0.915. The van der Waals surface area contributed by atoms with Crippen molar-refractivity contribution in [3.8, 4) is 0 Å². The van der Waals surface area contributed by atoms with Crippen molar-refractivity contribution in [3.63, 3.8) is 0 Å². The summed E-state index contributed by atoms with van der Waals surface area (Å²) in [5.41, 5.74) is 0.645.